The number of aromatic nitrogens is 5. The Kier molecular flexibility index (Phi) is 5.54. The van der Waals surface area contributed by atoms with Gasteiger partial charge in [0.2, 0.25) is 5.78 Å². The summed E-state index contributed by atoms with van der Waals surface area (Å²) < 4.78 is 11.8. The van der Waals surface area contributed by atoms with Crippen LogP contribution in [0.1, 0.15) is 13.3 Å². The highest BCUT2D eigenvalue weighted by molar-refractivity contribution is 5.79. The second kappa shape index (κ2) is 8.68. The van der Waals surface area contributed by atoms with Crippen molar-refractivity contribution in [3.63, 3.8) is 0 Å². The Hall–Kier alpha value is -4.11. The summed E-state index contributed by atoms with van der Waals surface area (Å²) in [5.74, 6) is 1.28. The molecule has 0 unspecified atom stereocenters. The highest BCUT2D eigenvalue weighted by Gasteiger charge is 2.22. The number of rotatable bonds is 7. The minimum absolute atomic E-state index is 0.109. The molecular weight excluding hydrogens is 434 g/mol. The van der Waals surface area contributed by atoms with Gasteiger partial charge in [0.25, 0.3) is 5.56 Å². The maximum absolute atomic E-state index is 13.4. The van der Waals surface area contributed by atoms with E-state index in [4.69, 9.17) is 9.72 Å². The number of fused-ring (bicyclic) bond motifs is 3. The number of aliphatic hydroxyl groups is 1. The van der Waals surface area contributed by atoms with Crippen molar-refractivity contribution >= 4 is 16.9 Å². The van der Waals surface area contributed by atoms with Crippen LogP contribution in [0.3, 0.4) is 0 Å². The molecule has 0 aliphatic carbocycles. The van der Waals surface area contributed by atoms with Crippen molar-refractivity contribution in [2.75, 3.05) is 13.2 Å². The second-order valence-corrected chi connectivity index (χ2v) is 7.97. The minimum atomic E-state index is -0.456. The van der Waals surface area contributed by atoms with Gasteiger partial charge in [-0.1, -0.05) is 30.3 Å². The third-order valence-electron chi connectivity index (χ3n) is 5.86. The molecule has 3 aromatic heterocycles. The number of benzene rings is 2. The van der Waals surface area contributed by atoms with E-state index in [0.29, 0.717) is 30.0 Å². The van der Waals surface area contributed by atoms with Crippen LogP contribution in [-0.4, -0.2) is 41.4 Å². The first-order valence-corrected chi connectivity index (χ1v) is 11.2. The standard InChI is InChI=1S/C25H25N5O4/c1-3-34-19-12-10-18(11-13-19)30-20(17-8-5-4-6-9-17)16-29-21-22(26-24(29)30)27(2)25(33)28(23(21)32)14-7-15-31/h4-6,8-13,16,31H,3,7,14-15H2,1-2H3. The molecule has 0 radical (unpaired) electrons. The van der Waals surface area contributed by atoms with Gasteiger partial charge >= 0.3 is 5.69 Å². The number of aryl methyl sites for hydroxylation is 1. The lowest BCUT2D eigenvalue weighted by Gasteiger charge is -2.10. The first kappa shape index (κ1) is 21.7. The molecule has 0 atom stereocenters. The summed E-state index contributed by atoms with van der Waals surface area (Å²) in [6.07, 6.45) is 2.18. The molecule has 0 spiro atoms. The zero-order chi connectivity index (χ0) is 23.8. The van der Waals surface area contributed by atoms with Gasteiger partial charge in [-0.2, -0.15) is 4.98 Å². The predicted octanol–water partition coefficient (Wildman–Crippen LogP) is 2.59. The van der Waals surface area contributed by atoms with Crippen LogP contribution in [0.25, 0.3) is 33.9 Å². The molecule has 2 aromatic carbocycles. The van der Waals surface area contributed by atoms with Gasteiger partial charge in [0.15, 0.2) is 11.2 Å². The van der Waals surface area contributed by atoms with E-state index in [-0.39, 0.29) is 13.2 Å². The van der Waals surface area contributed by atoms with E-state index in [1.165, 1.54) is 4.57 Å². The SMILES string of the molecule is CCOc1ccc(-n2c(-c3ccccc3)cn3c4c(=O)n(CCCO)c(=O)n(C)c4nc23)cc1. The lowest BCUT2D eigenvalue weighted by molar-refractivity contribution is 0.277. The first-order chi connectivity index (χ1) is 16.5. The Morgan fingerprint density at radius 2 is 1.76 bits per heavy atom. The summed E-state index contributed by atoms with van der Waals surface area (Å²) in [5.41, 5.74) is 2.40. The quantitative estimate of drug-likeness (QED) is 0.404. The average Bonchev–Trinajstić information content (AvgIpc) is 3.41. The van der Waals surface area contributed by atoms with Gasteiger partial charge in [-0.25, -0.2) is 4.79 Å². The number of imidazole rings is 2. The van der Waals surface area contributed by atoms with Crippen LogP contribution in [0.2, 0.25) is 0 Å². The summed E-state index contributed by atoms with van der Waals surface area (Å²) >= 11 is 0. The van der Waals surface area contributed by atoms with E-state index in [0.717, 1.165) is 27.3 Å². The molecule has 9 heteroatoms. The summed E-state index contributed by atoms with van der Waals surface area (Å²) in [4.78, 5) is 30.9. The zero-order valence-corrected chi connectivity index (χ0v) is 19.0. The zero-order valence-electron chi connectivity index (χ0n) is 19.0. The minimum Gasteiger partial charge on any atom is -0.494 e. The molecule has 9 nitrogen and oxygen atoms in total. The molecular formula is C25H25N5O4. The summed E-state index contributed by atoms with van der Waals surface area (Å²) in [6.45, 7) is 2.53. The highest BCUT2D eigenvalue weighted by Crippen LogP contribution is 2.29. The van der Waals surface area contributed by atoms with Crippen molar-refractivity contribution in [2.24, 2.45) is 7.05 Å². The van der Waals surface area contributed by atoms with Gasteiger partial charge in [-0.3, -0.25) is 22.9 Å². The molecule has 0 aliphatic rings. The van der Waals surface area contributed by atoms with Crippen LogP contribution in [0.15, 0.2) is 70.4 Å². The van der Waals surface area contributed by atoms with Gasteiger partial charge in [0.1, 0.15) is 5.75 Å². The monoisotopic (exact) mass is 459 g/mol. The third kappa shape index (κ3) is 3.41. The molecule has 1 N–H and O–H groups in total. The van der Waals surface area contributed by atoms with Gasteiger partial charge in [-0.05, 0) is 37.6 Å². The highest BCUT2D eigenvalue weighted by atomic mass is 16.5. The molecule has 0 saturated heterocycles. The number of hydrogen-bond acceptors (Lipinski definition) is 5. The molecule has 34 heavy (non-hydrogen) atoms. The number of nitrogens with zero attached hydrogens (tertiary/aromatic N) is 5. The fraction of sp³-hybridized carbons (Fsp3) is 0.240. The maximum Gasteiger partial charge on any atom is 0.332 e. The first-order valence-electron chi connectivity index (χ1n) is 11.2. The summed E-state index contributed by atoms with van der Waals surface area (Å²) in [6, 6.07) is 17.5. The molecule has 0 amide bonds. The van der Waals surface area contributed by atoms with E-state index < -0.39 is 11.2 Å². The Morgan fingerprint density at radius 3 is 2.44 bits per heavy atom. The molecule has 0 aliphatic heterocycles. The molecule has 174 valence electrons. The van der Waals surface area contributed by atoms with Crippen molar-refractivity contribution in [1.82, 2.24) is 23.1 Å². The molecule has 0 saturated carbocycles. The Balaban J connectivity index is 1.84. The van der Waals surface area contributed by atoms with Gasteiger partial charge in [0.05, 0.1) is 12.3 Å². The van der Waals surface area contributed by atoms with E-state index in [2.05, 4.69) is 0 Å². The van der Waals surface area contributed by atoms with Crippen LogP contribution in [-0.2, 0) is 13.6 Å². The second-order valence-electron chi connectivity index (χ2n) is 7.97. The molecule has 0 bridgehead atoms. The largest absolute Gasteiger partial charge is 0.494 e. The summed E-state index contributed by atoms with van der Waals surface area (Å²) in [5, 5.41) is 9.21. The van der Waals surface area contributed by atoms with Crippen molar-refractivity contribution in [3.8, 4) is 22.7 Å². The van der Waals surface area contributed by atoms with E-state index in [1.807, 2.05) is 72.3 Å². The topological polar surface area (TPSA) is 95.7 Å². The van der Waals surface area contributed by atoms with E-state index in [1.54, 1.807) is 11.4 Å². The lowest BCUT2D eigenvalue weighted by atomic mass is 10.1. The number of ether oxygens (including phenoxy) is 1. The fourth-order valence-electron chi connectivity index (χ4n) is 4.25. The van der Waals surface area contributed by atoms with Gasteiger partial charge in [-0.15, -0.1) is 0 Å². The van der Waals surface area contributed by atoms with Crippen LogP contribution >= 0.6 is 0 Å². The van der Waals surface area contributed by atoms with Crippen molar-refractivity contribution in [1.29, 1.82) is 0 Å². The van der Waals surface area contributed by atoms with Gasteiger partial charge in [0, 0.05) is 37.6 Å². The predicted molar refractivity (Wildman–Crippen MR) is 130 cm³/mol. The van der Waals surface area contributed by atoms with Crippen LogP contribution in [0.5, 0.6) is 5.75 Å². The molecule has 5 aromatic rings. The average molecular weight is 460 g/mol. The Bertz CT molecular complexity index is 1590. The van der Waals surface area contributed by atoms with Crippen molar-refractivity contribution < 1.29 is 9.84 Å². The number of aliphatic hydroxyl groups excluding tert-OH is 1. The maximum atomic E-state index is 13.4. The summed E-state index contributed by atoms with van der Waals surface area (Å²) in [7, 11) is 1.60. The van der Waals surface area contributed by atoms with Crippen molar-refractivity contribution in [3.05, 3.63) is 81.6 Å². The Morgan fingerprint density at radius 1 is 1.03 bits per heavy atom. The third-order valence-corrected chi connectivity index (χ3v) is 5.86. The molecule has 5 rings (SSSR count). The fourth-order valence-corrected chi connectivity index (χ4v) is 4.25. The van der Waals surface area contributed by atoms with Gasteiger partial charge < -0.3 is 9.84 Å². The van der Waals surface area contributed by atoms with Crippen LogP contribution in [0.4, 0.5) is 0 Å². The normalized spacial score (nSPS) is 11.5. The smallest absolute Gasteiger partial charge is 0.332 e. The molecule has 0 fully saturated rings. The Labute approximate surface area is 194 Å². The molecule has 3 heterocycles. The number of hydrogen-bond donors (Lipinski definition) is 1. The van der Waals surface area contributed by atoms with Crippen LogP contribution < -0.4 is 16.0 Å². The van der Waals surface area contributed by atoms with E-state index in [9.17, 15) is 14.7 Å². The lowest BCUT2D eigenvalue weighted by Crippen LogP contribution is -2.39. The van der Waals surface area contributed by atoms with E-state index >= 15 is 0 Å². The van der Waals surface area contributed by atoms with Crippen molar-refractivity contribution in [2.45, 2.75) is 19.9 Å². The van der Waals surface area contributed by atoms with Crippen LogP contribution in [0, 0.1) is 0 Å².